The fourth-order valence-corrected chi connectivity index (χ4v) is 6.63. The lowest BCUT2D eigenvalue weighted by atomic mass is 9.99. The molecule has 2 aromatic rings. The van der Waals surface area contributed by atoms with E-state index in [4.69, 9.17) is 14.2 Å². The minimum atomic E-state index is -5.00. The number of halogens is 2. The second kappa shape index (κ2) is 11.9. The van der Waals surface area contributed by atoms with Crippen molar-refractivity contribution in [3.8, 4) is 5.75 Å². The molecular weight excluding hydrogens is 530 g/mol. The van der Waals surface area contributed by atoms with Gasteiger partial charge in [-0.15, -0.1) is 0 Å². The van der Waals surface area contributed by atoms with E-state index in [1.54, 1.807) is 4.90 Å². The summed E-state index contributed by atoms with van der Waals surface area (Å²) in [4.78, 5) is 15.1. The number of sulfonamides is 1. The smallest absolute Gasteiger partial charge is 0.384 e. The number of benzene rings is 2. The van der Waals surface area contributed by atoms with Gasteiger partial charge in [-0.3, -0.25) is 4.79 Å². The van der Waals surface area contributed by atoms with Crippen molar-refractivity contribution >= 4 is 15.9 Å². The molecule has 39 heavy (non-hydrogen) atoms. The molecule has 0 spiro atoms. The van der Waals surface area contributed by atoms with Gasteiger partial charge in [-0.25, -0.2) is 8.42 Å². The number of amides is 1. The molecule has 0 radical (unpaired) electrons. The van der Waals surface area contributed by atoms with Crippen LogP contribution in [0.1, 0.15) is 46.8 Å². The second-order valence-corrected chi connectivity index (χ2v) is 12.1. The van der Waals surface area contributed by atoms with E-state index in [1.807, 2.05) is 32.0 Å². The minimum Gasteiger partial charge on any atom is -0.486 e. The van der Waals surface area contributed by atoms with Gasteiger partial charge in [0.1, 0.15) is 18.0 Å². The van der Waals surface area contributed by atoms with Crippen LogP contribution < -0.4 is 4.74 Å². The zero-order chi connectivity index (χ0) is 28.4. The van der Waals surface area contributed by atoms with E-state index in [9.17, 15) is 13.2 Å². The Morgan fingerprint density at radius 2 is 1.79 bits per heavy atom. The highest BCUT2D eigenvalue weighted by Crippen LogP contribution is 2.39. The number of nitrogens with zero attached hydrogens (tertiary/aromatic N) is 2. The van der Waals surface area contributed by atoms with Crippen LogP contribution >= 0.6 is 0 Å². The Balaban J connectivity index is 1.52. The molecule has 4 rings (SSSR count). The molecule has 214 valence electrons. The third kappa shape index (κ3) is 5.82. The molecule has 2 heterocycles. The van der Waals surface area contributed by atoms with E-state index in [2.05, 4.69) is 0 Å². The van der Waals surface area contributed by atoms with Gasteiger partial charge in [-0.2, -0.15) is 13.1 Å². The summed E-state index contributed by atoms with van der Waals surface area (Å²) < 4.78 is 74.4. The highest BCUT2D eigenvalue weighted by atomic mass is 32.2. The number of alkyl halides is 2. The largest absolute Gasteiger partial charge is 0.486 e. The molecule has 0 N–H and O–H groups in total. The van der Waals surface area contributed by atoms with Crippen molar-refractivity contribution in [2.24, 2.45) is 0 Å². The number of ether oxygens (including phenoxy) is 3. The molecule has 2 aliphatic rings. The van der Waals surface area contributed by atoms with Gasteiger partial charge in [0.05, 0.1) is 13.1 Å². The first kappa shape index (κ1) is 29.4. The number of carbonyl (C=O) groups excluding carboxylic acids is 1. The summed E-state index contributed by atoms with van der Waals surface area (Å²) in [5, 5.41) is -4.17. The molecular formula is C28H36F2N2O6S. The maximum atomic E-state index is 15.4. The standard InChI is InChI=1S/C28H36F2N2O6S/c1-5-20-9-6-8-19(2)26(20)27(33)32-17-24(36-4)25(18-32)38-23-11-7-10-21(16-23)28(29,30)39(34,35)31(3)22-12-14-37-15-13-22/h6-11,16,22,24-25H,5,12-15,17-18H2,1-4H3. The summed E-state index contributed by atoms with van der Waals surface area (Å²) in [6, 6.07) is 10.1. The Hall–Kier alpha value is -2.60. The summed E-state index contributed by atoms with van der Waals surface area (Å²) >= 11 is 0. The molecule has 0 aromatic heterocycles. The Labute approximate surface area is 228 Å². The summed E-state index contributed by atoms with van der Waals surface area (Å²) in [6.45, 7) is 5.00. The molecule has 0 saturated carbocycles. The number of rotatable bonds is 9. The van der Waals surface area contributed by atoms with Crippen molar-refractivity contribution in [2.75, 3.05) is 40.5 Å². The highest BCUT2D eigenvalue weighted by molar-refractivity contribution is 7.89. The van der Waals surface area contributed by atoms with Crippen molar-refractivity contribution in [1.82, 2.24) is 9.21 Å². The van der Waals surface area contributed by atoms with Gasteiger partial charge in [0, 0.05) is 44.5 Å². The average molecular weight is 567 g/mol. The molecule has 2 aliphatic heterocycles. The van der Waals surface area contributed by atoms with Crippen molar-refractivity contribution in [1.29, 1.82) is 0 Å². The van der Waals surface area contributed by atoms with Crippen LogP contribution in [-0.2, 0) is 31.2 Å². The summed E-state index contributed by atoms with van der Waals surface area (Å²) in [5.74, 6) is -0.0665. The number of methoxy groups -OCH3 is 1. The fraction of sp³-hybridized carbons (Fsp3) is 0.536. The fourth-order valence-electron chi connectivity index (χ4n) is 5.24. The SMILES string of the molecule is CCc1cccc(C)c1C(=O)N1CC(OC)C(Oc2cccc(C(F)(F)S(=O)(=O)N(C)C3CCOCC3)c2)C1. The summed E-state index contributed by atoms with van der Waals surface area (Å²) in [5.41, 5.74) is 1.78. The van der Waals surface area contributed by atoms with Crippen molar-refractivity contribution < 1.29 is 36.2 Å². The van der Waals surface area contributed by atoms with Gasteiger partial charge in [0.25, 0.3) is 15.9 Å². The number of likely N-dealkylation sites (tertiary alicyclic amines) is 1. The first-order valence-corrected chi connectivity index (χ1v) is 14.6. The quantitative estimate of drug-likeness (QED) is 0.457. The monoisotopic (exact) mass is 566 g/mol. The topological polar surface area (TPSA) is 85.4 Å². The van der Waals surface area contributed by atoms with Crippen molar-refractivity contribution in [3.63, 3.8) is 0 Å². The Bertz CT molecular complexity index is 1280. The van der Waals surface area contributed by atoms with Gasteiger partial charge >= 0.3 is 5.25 Å². The molecule has 2 atom stereocenters. The summed E-state index contributed by atoms with van der Waals surface area (Å²) in [7, 11) is -2.31. The molecule has 1 amide bonds. The lowest BCUT2D eigenvalue weighted by Gasteiger charge is -2.33. The van der Waals surface area contributed by atoms with E-state index < -0.39 is 39.1 Å². The molecule has 2 fully saturated rings. The van der Waals surface area contributed by atoms with Crippen LogP contribution in [0.2, 0.25) is 0 Å². The third-order valence-corrected chi connectivity index (χ3v) is 9.56. The predicted molar refractivity (Wildman–Crippen MR) is 143 cm³/mol. The number of hydrogen-bond donors (Lipinski definition) is 0. The van der Waals surface area contributed by atoms with E-state index in [0.717, 1.165) is 27.6 Å². The minimum absolute atomic E-state index is 0.0718. The van der Waals surface area contributed by atoms with Gasteiger partial charge in [0.15, 0.2) is 0 Å². The van der Waals surface area contributed by atoms with E-state index in [1.165, 1.54) is 26.3 Å². The number of hydrogen-bond acceptors (Lipinski definition) is 6. The van der Waals surface area contributed by atoms with Crippen LogP contribution in [0, 0.1) is 6.92 Å². The predicted octanol–water partition coefficient (Wildman–Crippen LogP) is 3.97. The molecule has 8 nitrogen and oxygen atoms in total. The second-order valence-electron chi connectivity index (χ2n) is 10.0. The van der Waals surface area contributed by atoms with Crippen molar-refractivity contribution in [3.05, 3.63) is 64.7 Å². The highest BCUT2D eigenvalue weighted by Gasteiger charge is 2.51. The van der Waals surface area contributed by atoms with Gasteiger partial charge < -0.3 is 19.1 Å². The van der Waals surface area contributed by atoms with E-state index in [-0.39, 0.29) is 24.7 Å². The lowest BCUT2D eigenvalue weighted by Crippen LogP contribution is -2.46. The molecule has 2 aromatic carbocycles. The van der Waals surface area contributed by atoms with Gasteiger partial charge in [-0.05, 0) is 49.4 Å². The lowest BCUT2D eigenvalue weighted by molar-refractivity contribution is 0.0333. The van der Waals surface area contributed by atoms with Gasteiger partial charge in [-0.1, -0.05) is 37.3 Å². The van der Waals surface area contributed by atoms with Crippen molar-refractivity contribution in [2.45, 2.75) is 56.6 Å². The average Bonchev–Trinajstić information content (AvgIpc) is 3.35. The first-order chi connectivity index (χ1) is 18.5. The van der Waals surface area contributed by atoms with Crippen LogP contribution in [0.5, 0.6) is 5.75 Å². The Kier molecular flexibility index (Phi) is 8.95. The normalized spacial score (nSPS) is 20.9. The molecule has 2 unspecified atom stereocenters. The maximum Gasteiger partial charge on any atom is 0.384 e. The zero-order valence-electron chi connectivity index (χ0n) is 22.7. The van der Waals surface area contributed by atoms with Crippen LogP contribution in [0.4, 0.5) is 8.78 Å². The third-order valence-electron chi connectivity index (χ3n) is 7.62. The first-order valence-electron chi connectivity index (χ1n) is 13.1. The Morgan fingerprint density at radius 3 is 2.46 bits per heavy atom. The van der Waals surface area contributed by atoms with Crippen LogP contribution in [0.25, 0.3) is 0 Å². The molecule has 11 heteroatoms. The van der Waals surface area contributed by atoms with Gasteiger partial charge in [0.2, 0.25) is 0 Å². The zero-order valence-corrected chi connectivity index (χ0v) is 23.5. The van der Waals surface area contributed by atoms with Crippen LogP contribution in [0.3, 0.4) is 0 Å². The number of aryl methyl sites for hydroxylation is 2. The molecule has 0 bridgehead atoms. The molecule has 0 aliphatic carbocycles. The van der Waals surface area contributed by atoms with Crippen LogP contribution in [0.15, 0.2) is 42.5 Å². The van der Waals surface area contributed by atoms with E-state index in [0.29, 0.717) is 38.0 Å². The van der Waals surface area contributed by atoms with E-state index >= 15 is 8.78 Å². The maximum absolute atomic E-state index is 15.4. The Morgan fingerprint density at radius 1 is 1.13 bits per heavy atom. The number of carbonyl (C=O) groups is 1. The summed E-state index contributed by atoms with van der Waals surface area (Å²) in [6.07, 6.45) is 0.297. The van der Waals surface area contributed by atoms with Crippen LogP contribution in [-0.4, -0.2) is 82.2 Å². The molecule has 2 saturated heterocycles.